The second kappa shape index (κ2) is 11.0. The van der Waals surface area contributed by atoms with Gasteiger partial charge in [0.05, 0.1) is 0 Å². The lowest BCUT2D eigenvalue weighted by Crippen LogP contribution is -1.92. The third kappa shape index (κ3) is 27.3. The lowest BCUT2D eigenvalue weighted by atomic mass is 10.4. The van der Waals surface area contributed by atoms with Crippen LogP contribution in [-0.2, 0) is 9.53 Å². The van der Waals surface area contributed by atoms with Gasteiger partial charge in [-0.15, -0.1) is 0 Å². The van der Waals surface area contributed by atoms with Gasteiger partial charge in [-0.3, -0.25) is 0 Å². The van der Waals surface area contributed by atoms with Gasteiger partial charge in [-0.2, -0.15) is 0 Å². The average molecular weight is 150 g/mol. The molecule has 0 fully saturated rings. The second-order valence-corrected chi connectivity index (χ2v) is 1.49. The summed E-state index contributed by atoms with van der Waals surface area (Å²) in [6.45, 7) is 4.60. The van der Waals surface area contributed by atoms with Crippen molar-refractivity contribution in [2.24, 2.45) is 0 Å². The molecule has 0 spiro atoms. The van der Waals surface area contributed by atoms with E-state index in [1.54, 1.807) is 14.2 Å². The maximum atomic E-state index is 9.60. The van der Waals surface area contributed by atoms with E-state index in [9.17, 15) is 4.79 Å². The number of hydrogen-bond acceptors (Lipinski definition) is 2. The van der Waals surface area contributed by atoms with Crippen LogP contribution in [0.2, 0.25) is 0 Å². The SMILES string of the molecule is C=C(C)C(=O)O.COC.O. The molecule has 0 aromatic rings. The van der Waals surface area contributed by atoms with E-state index in [4.69, 9.17) is 5.11 Å². The summed E-state index contributed by atoms with van der Waals surface area (Å²) in [5, 5.41) is 7.89. The molecule has 10 heavy (non-hydrogen) atoms. The molecule has 0 heterocycles. The lowest BCUT2D eigenvalue weighted by Gasteiger charge is -1.79. The normalized spacial score (nSPS) is 6.30. The van der Waals surface area contributed by atoms with Crippen molar-refractivity contribution in [1.82, 2.24) is 0 Å². The first-order valence-corrected chi connectivity index (χ1v) is 2.35. The van der Waals surface area contributed by atoms with Gasteiger partial charge in [-0.1, -0.05) is 6.58 Å². The highest BCUT2D eigenvalue weighted by Crippen LogP contribution is 1.81. The highest BCUT2D eigenvalue weighted by molar-refractivity contribution is 5.84. The van der Waals surface area contributed by atoms with E-state index < -0.39 is 5.97 Å². The van der Waals surface area contributed by atoms with Crippen LogP contribution in [0.25, 0.3) is 0 Å². The summed E-state index contributed by atoms with van der Waals surface area (Å²) >= 11 is 0. The molecule has 0 aromatic carbocycles. The van der Waals surface area contributed by atoms with Crippen LogP contribution in [0.4, 0.5) is 0 Å². The van der Waals surface area contributed by atoms with Crippen molar-refractivity contribution in [2.45, 2.75) is 6.92 Å². The summed E-state index contributed by atoms with van der Waals surface area (Å²) in [5.41, 5.74) is 0.176. The van der Waals surface area contributed by atoms with Crippen molar-refractivity contribution < 1.29 is 20.1 Å². The summed E-state index contributed by atoms with van der Waals surface area (Å²) < 4.78 is 4.25. The van der Waals surface area contributed by atoms with Crippen molar-refractivity contribution in [2.75, 3.05) is 14.2 Å². The van der Waals surface area contributed by atoms with Gasteiger partial charge in [0.15, 0.2) is 0 Å². The summed E-state index contributed by atoms with van der Waals surface area (Å²) in [5.74, 6) is -0.935. The number of carboxylic acid groups (broad SMARTS) is 1. The molecule has 62 valence electrons. The lowest BCUT2D eigenvalue weighted by molar-refractivity contribution is -0.132. The van der Waals surface area contributed by atoms with Crippen molar-refractivity contribution >= 4 is 5.97 Å². The fraction of sp³-hybridized carbons (Fsp3) is 0.500. The Morgan fingerprint density at radius 3 is 1.60 bits per heavy atom. The molecule has 4 heteroatoms. The van der Waals surface area contributed by atoms with Crippen LogP contribution in [-0.4, -0.2) is 30.8 Å². The predicted octanol–water partition coefficient (Wildman–Crippen LogP) is 0.0850. The topological polar surface area (TPSA) is 78.0 Å². The van der Waals surface area contributed by atoms with Crippen molar-refractivity contribution in [1.29, 1.82) is 0 Å². The fourth-order valence-electron chi connectivity index (χ4n) is 0. The van der Waals surface area contributed by atoms with E-state index in [0.717, 1.165) is 0 Å². The molecule has 0 aliphatic rings. The molecular weight excluding hydrogens is 136 g/mol. The Morgan fingerprint density at radius 2 is 1.60 bits per heavy atom. The van der Waals surface area contributed by atoms with Gasteiger partial charge < -0.3 is 15.3 Å². The number of aliphatic carboxylic acids is 1. The largest absolute Gasteiger partial charge is 0.478 e. The molecule has 0 rings (SSSR count). The molecule has 0 amide bonds. The highest BCUT2D eigenvalue weighted by Gasteiger charge is 1.90. The maximum absolute atomic E-state index is 9.60. The van der Waals surface area contributed by atoms with Gasteiger partial charge in [0.25, 0.3) is 0 Å². The van der Waals surface area contributed by atoms with Crippen LogP contribution in [0.5, 0.6) is 0 Å². The molecule has 4 nitrogen and oxygen atoms in total. The van der Waals surface area contributed by atoms with E-state index in [1.165, 1.54) is 6.92 Å². The third-order valence-electron chi connectivity index (χ3n) is 0.365. The van der Waals surface area contributed by atoms with Gasteiger partial charge >= 0.3 is 5.97 Å². The van der Waals surface area contributed by atoms with Crippen LogP contribution < -0.4 is 0 Å². The molecule has 0 unspecified atom stereocenters. The molecule has 0 aliphatic heterocycles. The summed E-state index contributed by atoms with van der Waals surface area (Å²) in [7, 11) is 3.25. The number of carboxylic acids is 1. The Morgan fingerprint density at radius 1 is 1.50 bits per heavy atom. The smallest absolute Gasteiger partial charge is 0.330 e. The Hall–Kier alpha value is -0.870. The molecule has 0 saturated carbocycles. The van der Waals surface area contributed by atoms with Crippen molar-refractivity contribution in [3.8, 4) is 0 Å². The molecule has 0 bridgehead atoms. The Labute approximate surface area is 60.4 Å². The van der Waals surface area contributed by atoms with Crippen LogP contribution >= 0.6 is 0 Å². The summed E-state index contributed by atoms with van der Waals surface area (Å²) in [6, 6.07) is 0. The quantitative estimate of drug-likeness (QED) is 0.538. The zero-order chi connectivity index (χ0) is 7.86. The molecule has 0 atom stereocenters. The fourth-order valence-corrected chi connectivity index (χ4v) is 0. The third-order valence-corrected chi connectivity index (χ3v) is 0.365. The summed E-state index contributed by atoms with van der Waals surface area (Å²) in [4.78, 5) is 9.60. The predicted molar refractivity (Wildman–Crippen MR) is 39.0 cm³/mol. The molecule has 0 aliphatic carbocycles. The molecule has 0 aromatic heterocycles. The minimum absolute atomic E-state index is 0. The van der Waals surface area contributed by atoms with Crippen molar-refractivity contribution in [3.05, 3.63) is 12.2 Å². The molecular formula is C6H14O4. The molecule has 3 N–H and O–H groups in total. The Kier molecular flexibility index (Phi) is 17.7. The first-order valence-electron chi connectivity index (χ1n) is 2.35. The number of carbonyl (C=O) groups is 1. The number of rotatable bonds is 1. The van der Waals surface area contributed by atoms with Crippen LogP contribution in [0, 0.1) is 0 Å². The van der Waals surface area contributed by atoms with Gasteiger partial charge in [0, 0.05) is 19.8 Å². The molecule has 0 saturated heterocycles. The van der Waals surface area contributed by atoms with Gasteiger partial charge in [-0.05, 0) is 6.92 Å². The van der Waals surface area contributed by atoms with E-state index in [2.05, 4.69) is 11.3 Å². The van der Waals surface area contributed by atoms with E-state index in [-0.39, 0.29) is 11.0 Å². The second-order valence-electron chi connectivity index (χ2n) is 1.49. The Bertz CT molecular complexity index is 85.9. The summed E-state index contributed by atoms with van der Waals surface area (Å²) in [6.07, 6.45) is 0. The highest BCUT2D eigenvalue weighted by atomic mass is 16.4. The van der Waals surface area contributed by atoms with Crippen LogP contribution in [0.3, 0.4) is 0 Å². The minimum atomic E-state index is -0.935. The maximum Gasteiger partial charge on any atom is 0.330 e. The minimum Gasteiger partial charge on any atom is -0.478 e. The standard InChI is InChI=1S/C4H6O2.C2H6O.H2O/c1-3(2)4(5)6;1-3-2;/h1H2,2H3,(H,5,6);1-2H3;1H2. The number of methoxy groups -OCH3 is 1. The average Bonchev–Trinajstić information content (AvgIpc) is 1.68. The van der Waals surface area contributed by atoms with Crippen molar-refractivity contribution in [3.63, 3.8) is 0 Å². The van der Waals surface area contributed by atoms with Crippen LogP contribution in [0.15, 0.2) is 12.2 Å². The zero-order valence-electron chi connectivity index (χ0n) is 6.47. The van der Waals surface area contributed by atoms with E-state index >= 15 is 0 Å². The van der Waals surface area contributed by atoms with Crippen LogP contribution in [0.1, 0.15) is 6.92 Å². The van der Waals surface area contributed by atoms with Gasteiger partial charge in [0.2, 0.25) is 0 Å². The number of hydrogen-bond donors (Lipinski definition) is 1. The Balaban J connectivity index is -0.000000107. The number of ether oxygens (including phenoxy) is 1. The first-order chi connectivity index (χ1) is 4.06. The van der Waals surface area contributed by atoms with Gasteiger partial charge in [0.1, 0.15) is 0 Å². The zero-order valence-corrected chi connectivity index (χ0v) is 6.47. The van der Waals surface area contributed by atoms with Gasteiger partial charge in [-0.25, -0.2) is 4.79 Å². The van der Waals surface area contributed by atoms with E-state index in [1.807, 2.05) is 0 Å². The first kappa shape index (κ1) is 16.1. The monoisotopic (exact) mass is 150 g/mol. The van der Waals surface area contributed by atoms with E-state index in [0.29, 0.717) is 0 Å². The molecule has 0 radical (unpaired) electrons.